The first kappa shape index (κ1) is 19.2. The van der Waals surface area contributed by atoms with E-state index in [1.54, 1.807) is 0 Å². The second-order valence-corrected chi connectivity index (χ2v) is 5.91. The van der Waals surface area contributed by atoms with Crippen LogP contribution in [0.25, 0.3) is 0 Å². The van der Waals surface area contributed by atoms with Crippen LogP contribution in [0.2, 0.25) is 0 Å². The third kappa shape index (κ3) is 4.34. The van der Waals surface area contributed by atoms with Crippen LogP contribution in [0.3, 0.4) is 0 Å². The Morgan fingerprint density at radius 2 is 1.80 bits per heavy atom. The number of quaternary nitrogens is 1. The largest absolute Gasteiger partial charge is 0.560 e. The summed E-state index contributed by atoms with van der Waals surface area (Å²) in [5.41, 5.74) is 3.17. The maximum absolute atomic E-state index is 11.5. The van der Waals surface area contributed by atoms with Gasteiger partial charge in [0.25, 0.3) is 0 Å². The number of aryl methyl sites for hydroxylation is 1. The smallest absolute Gasteiger partial charge is 0.150 e. The molecule has 1 rings (SSSR count). The van der Waals surface area contributed by atoms with Gasteiger partial charge < -0.3 is 9.84 Å². The first-order valence-electron chi connectivity index (χ1n) is 6.45. The molecule has 1 aromatic carbocycles. The molecule has 0 saturated heterocycles. The number of aliphatic imine (C=N–C) groups is 1. The summed E-state index contributed by atoms with van der Waals surface area (Å²) in [5.74, 6) is 0.998. The molecular formula is C15H25IN2O2. The van der Waals surface area contributed by atoms with Gasteiger partial charge in [0, 0.05) is 12.6 Å². The van der Waals surface area contributed by atoms with E-state index in [1.165, 1.54) is 12.6 Å². The van der Waals surface area contributed by atoms with E-state index in [4.69, 9.17) is 4.74 Å². The first-order valence-corrected chi connectivity index (χ1v) is 6.45. The summed E-state index contributed by atoms with van der Waals surface area (Å²) in [7, 11) is 7.65. The number of ether oxygens (including phenoxy) is 1. The van der Waals surface area contributed by atoms with Gasteiger partial charge in [-0.15, -0.1) is 24.0 Å². The van der Waals surface area contributed by atoms with Gasteiger partial charge in [-0.05, 0) is 18.4 Å². The minimum atomic E-state index is -0.557. The Morgan fingerprint density at radius 3 is 2.20 bits per heavy atom. The number of hydrogen-bond acceptors (Lipinski definition) is 3. The normalized spacial score (nSPS) is 12.3. The second kappa shape index (κ2) is 7.26. The molecule has 0 saturated carbocycles. The molecule has 0 unspecified atom stereocenters. The van der Waals surface area contributed by atoms with Crippen molar-refractivity contribution in [2.75, 3.05) is 28.2 Å². The van der Waals surface area contributed by atoms with Crippen molar-refractivity contribution in [1.29, 1.82) is 0 Å². The predicted molar refractivity (Wildman–Crippen MR) is 94.2 cm³/mol. The van der Waals surface area contributed by atoms with E-state index in [2.05, 4.69) is 46.0 Å². The number of hydrogen-bond donors (Lipinski definition) is 0. The molecule has 5 heteroatoms. The van der Waals surface area contributed by atoms with Crippen LogP contribution in [0.5, 0.6) is 5.75 Å². The monoisotopic (exact) mass is 392 g/mol. The molecule has 0 N–H and O–H groups in total. The molecule has 0 radical (unpaired) electrons. The molecule has 0 atom stereocenters. The lowest BCUT2D eigenvalue weighted by Crippen LogP contribution is -2.37. The Morgan fingerprint density at radius 1 is 1.25 bits per heavy atom. The average Bonchev–Trinajstić information content (AvgIpc) is 2.29. The van der Waals surface area contributed by atoms with Crippen LogP contribution in [0.1, 0.15) is 30.9 Å². The van der Waals surface area contributed by atoms with Crippen molar-refractivity contribution < 1.29 is 9.84 Å². The highest BCUT2D eigenvalue weighted by molar-refractivity contribution is 14.0. The lowest BCUT2D eigenvalue weighted by molar-refractivity contribution is -0.240. The van der Waals surface area contributed by atoms with Crippen LogP contribution in [0, 0.1) is 6.92 Å². The van der Waals surface area contributed by atoms with Gasteiger partial charge >= 0.3 is 0 Å². The topological polar surface area (TPSA) is 44.7 Å². The summed E-state index contributed by atoms with van der Waals surface area (Å²) in [5, 5.41) is 11.5. The molecule has 0 aromatic heterocycles. The van der Waals surface area contributed by atoms with E-state index >= 15 is 0 Å². The zero-order valence-electron chi connectivity index (χ0n) is 13.4. The minimum Gasteiger partial charge on any atom is -0.560 e. The van der Waals surface area contributed by atoms with Gasteiger partial charge in [0.2, 0.25) is 0 Å². The SMILES string of the molecule is CN=C([O-])Oc1c(C)ccc(C(C)C)c1[N+](C)(C)C.I. The molecule has 114 valence electrons. The van der Waals surface area contributed by atoms with Crippen LogP contribution in [-0.4, -0.2) is 34.3 Å². The van der Waals surface area contributed by atoms with E-state index in [0.29, 0.717) is 16.2 Å². The molecule has 0 aliphatic heterocycles. The van der Waals surface area contributed by atoms with Gasteiger partial charge in [-0.2, -0.15) is 0 Å². The molecule has 0 fully saturated rings. The highest BCUT2D eigenvalue weighted by Crippen LogP contribution is 2.40. The number of benzene rings is 1. The molecular weight excluding hydrogens is 367 g/mol. The highest BCUT2D eigenvalue weighted by Gasteiger charge is 2.24. The van der Waals surface area contributed by atoms with E-state index in [9.17, 15) is 5.11 Å². The Balaban J connectivity index is 0.00000361. The molecule has 0 bridgehead atoms. The molecule has 0 amide bonds. The first-order chi connectivity index (χ1) is 8.68. The van der Waals surface area contributed by atoms with E-state index in [0.717, 1.165) is 11.3 Å². The standard InChI is InChI=1S/C15H24N2O2.HI/c1-10(2)12-9-8-11(3)14(19-15(18)16-4)13(12)17(5,6)7;/h8-10H,1-7H3;1H. The molecule has 1 aromatic rings. The fourth-order valence-electron chi connectivity index (χ4n) is 2.11. The molecule has 20 heavy (non-hydrogen) atoms. The summed E-state index contributed by atoms with van der Waals surface area (Å²) < 4.78 is 6.02. The van der Waals surface area contributed by atoms with Crippen LogP contribution in [-0.2, 0) is 0 Å². The maximum atomic E-state index is 11.5. The summed E-state index contributed by atoms with van der Waals surface area (Å²) in [6.45, 7) is 6.22. The van der Waals surface area contributed by atoms with Crippen molar-refractivity contribution in [2.45, 2.75) is 26.7 Å². The van der Waals surface area contributed by atoms with Crippen LogP contribution < -0.4 is 14.3 Å². The zero-order chi connectivity index (χ0) is 14.8. The average molecular weight is 392 g/mol. The van der Waals surface area contributed by atoms with Crippen molar-refractivity contribution in [3.63, 3.8) is 0 Å². The fourth-order valence-corrected chi connectivity index (χ4v) is 2.11. The quantitative estimate of drug-likeness (QED) is 0.344. The number of halogens is 1. The summed E-state index contributed by atoms with van der Waals surface area (Å²) >= 11 is 0. The van der Waals surface area contributed by atoms with E-state index in [1.807, 2.05) is 13.0 Å². The lowest BCUT2D eigenvalue weighted by atomic mass is 9.97. The van der Waals surface area contributed by atoms with Crippen molar-refractivity contribution in [1.82, 2.24) is 4.48 Å². The van der Waals surface area contributed by atoms with Crippen LogP contribution in [0.4, 0.5) is 5.69 Å². The minimum absolute atomic E-state index is 0. The van der Waals surface area contributed by atoms with Crippen LogP contribution >= 0.6 is 24.0 Å². The van der Waals surface area contributed by atoms with Gasteiger partial charge in [0.15, 0.2) is 0 Å². The van der Waals surface area contributed by atoms with Crippen molar-refractivity contribution in [3.05, 3.63) is 23.3 Å². The Bertz CT molecular complexity index is 491. The summed E-state index contributed by atoms with van der Waals surface area (Å²) in [6, 6.07) is 4.10. The van der Waals surface area contributed by atoms with E-state index in [-0.39, 0.29) is 24.0 Å². The third-order valence-electron chi connectivity index (χ3n) is 3.02. The zero-order valence-corrected chi connectivity index (χ0v) is 15.7. The van der Waals surface area contributed by atoms with E-state index < -0.39 is 6.08 Å². The number of rotatable bonds is 3. The lowest BCUT2D eigenvalue weighted by Gasteiger charge is -2.32. The van der Waals surface area contributed by atoms with Crippen molar-refractivity contribution in [3.8, 4) is 5.75 Å². The van der Waals surface area contributed by atoms with Crippen molar-refractivity contribution in [2.24, 2.45) is 4.99 Å². The van der Waals surface area contributed by atoms with Crippen LogP contribution in [0.15, 0.2) is 17.1 Å². The molecule has 0 heterocycles. The Labute approximate surface area is 139 Å². The summed E-state index contributed by atoms with van der Waals surface area (Å²) in [4.78, 5) is 3.55. The third-order valence-corrected chi connectivity index (χ3v) is 3.02. The maximum Gasteiger partial charge on any atom is 0.150 e. The fraction of sp³-hybridized carbons (Fsp3) is 0.533. The Kier molecular flexibility index (Phi) is 6.97. The van der Waals surface area contributed by atoms with Crippen molar-refractivity contribution >= 4 is 35.7 Å². The van der Waals surface area contributed by atoms with Gasteiger partial charge in [-0.3, -0.25) is 9.48 Å². The molecule has 4 nitrogen and oxygen atoms in total. The Hall–Kier alpha value is -0.820. The van der Waals surface area contributed by atoms with Gasteiger partial charge in [-0.25, -0.2) is 0 Å². The molecule has 0 spiro atoms. The highest BCUT2D eigenvalue weighted by atomic mass is 127. The second-order valence-electron chi connectivity index (χ2n) is 5.91. The molecule has 0 aliphatic carbocycles. The molecule has 0 aliphatic rings. The van der Waals surface area contributed by atoms with Gasteiger partial charge in [0.05, 0.1) is 26.9 Å². The van der Waals surface area contributed by atoms with Gasteiger partial charge in [0.1, 0.15) is 11.8 Å². The van der Waals surface area contributed by atoms with Gasteiger partial charge in [-0.1, -0.05) is 26.0 Å². The summed E-state index contributed by atoms with van der Waals surface area (Å²) in [6.07, 6.45) is -0.557. The predicted octanol–water partition coefficient (Wildman–Crippen LogP) is 2.66. The number of nitrogens with zero attached hydrogens (tertiary/aromatic N) is 2.